The average Bonchev–Trinajstić information content (AvgIpc) is 2.94. The van der Waals surface area contributed by atoms with Crippen LogP contribution < -0.4 is 5.32 Å². The van der Waals surface area contributed by atoms with E-state index in [2.05, 4.69) is 10.1 Å². The molecule has 126 valence electrons. The normalized spacial score (nSPS) is 23.4. The molecule has 0 aromatic rings. The van der Waals surface area contributed by atoms with Crippen molar-refractivity contribution in [3.05, 3.63) is 0 Å². The van der Waals surface area contributed by atoms with Crippen LogP contribution in [-0.4, -0.2) is 48.3 Å². The zero-order valence-corrected chi connectivity index (χ0v) is 12.3. The van der Waals surface area contributed by atoms with Crippen molar-refractivity contribution in [3.63, 3.8) is 0 Å². The molecule has 5 nitrogen and oxygen atoms in total. The molecule has 0 bridgehead atoms. The van der Waals surface area contributed by atoms with Gasteiger partial charge in [0.2, 0.25) is 5.91 Å². The number of hydrogen-bond donors (Lipinski definition) is 1. The highest BCUT2D eigenvalue weighted by atomic mass is 19.4. The Labute approximate surface area is 127 Å². The molecule has 2 amide bonds. The molecule has 22 heavy (non-hydrogen) atoms. The summed E-state index contributed by atoms with van der Waals surface area (Å²) in [4.78, 5) is 25.1. The SMILES string of the molecule is O=C(NC1CCCCC1)[C@@H]1CCCN1C(=O)OCC(F)(F)F. The van der Waals surface area contributed by atoms with Gasteiger partial charge in [-0.2, -0.15) is 13.2 Å². The van der Waals surface area contributed by atoms with E-state index in [-0.39, 0.29) is 18.5 Å². The van der Waals surface area contributed by atoms with Crippen molar-refractivity contribution < 1.29 is 27.5 Å². The second-order valence-corrected chi connectivity index (χ2v) is 5.86. The molecule has 1 saturated heterocycles. The molecule has 0 aromatic carbocycles. The summed E-state index contributed by atoms with van der Waals surface area (Å²) in [5.41, 5.74) is 0. The summed E-state index contributed by atoms with van der Waals surface area (Å²) in [6, 6.07) is -0.613. The number of rotatable bonds is 3. The van der Waals surface area contributed by atoms with Gasteiger partial charge in [0.15, 0.2) is 6.61 Å². The number of amides is 2. The molecule has 1 heterocycles. The van der Waals surface area contributed by atoms with Gasteiger partial charge in [-0.15, -0.1) is 0 Å². The van der Waals surface area contributed by atoms with Crippen LogP contribution in [0, 0.1) is 0 Å². The molecule has 0 radical (unpaired) electrons. The zero-order chi connectivity index (χ0) is 16.2. The highest BCUT2D eigenvalue weighted by Crippen LogP contribution is 2.22. The summed E-state index contributed by atoms with van der Waals surface area (Å²) < 4.78 is 40.5. The Morgan fingerprint density at radius 2 is 1.77 bits per heavy atom. The van der Waals surface area contributed by atoms with Crippen LogP contribution in [0.1, 0.15) is 44.9 Å². The highest BCUT2D eigenvalue weighted by Gasteiger charge is 2.38. The van der Waals surface area contributed by atoms with Gasteiger partial charge in [-0.25, -0.2) is 4.79 Å². The van der Waals surface area contributed by atoms with E-state index in [4.69, 9.17) is 0 Å². The molecule has 1 aliphatic heterocycles. The van der Waals surface area contributed by atoms with Gasteiger partial charge in [-0.3, -0.25) is 9.69 Å². The van der Waals surface area contributed by atoms with Crippen molar-refractivity contribution in [1.29, 1.82) is 0 Å². The number of halogens is 3. The second kappa shape index (κ2) is 7.19. The van der Waals surface area contributed by atoms with E-state index in [0.717, 1.165) is 37.0 Å². The molecule has 1 saturated carbocycles. The van der Waals surface area contributed by atoms with Crippen LogP contribution >= 0.6 is 0 Å². The van der Waals surface area contributed by atoms with Gasteiger partial charge in [0.05, 0.1) is 0 Å². The minimum atomic E-state index is -4.56. The van der Waals surface area contributed by atoms with Crippen molar-refractivity contribution >= 4 is 12.0 Å². The molecule has 0 unspecified atom stereocenters. The van der Waals surface area contributed by atoms with Gasteiger partial charge in [0.25, 0.3) is 0 Å². The standard InChI is InChI=1S/C14H21F3N2O3/c15-14(16,17)9-22-13(21)19-8-4-7-11(19)12(20)18-10-5-2-1-3-6-10/h10-11H,1-9H2,(H,18,20)/t11-/m0/s1. The number of nitrogens with one attached hydrogen (secondary N) is 1. The Balaban J connectivity index is 1.86. The molecule has 0 aromatic heterocycles. The van der Waals surface area contributed by atoms with E-state index in [0.29, 0.717) is 12.8 Å². The predicted octanol–water partition coefficient (Wildman–Crippen LogP) is 2.60. The van der Waals surface area contributed by atoms with E-state index in [9.17, 15) is 22.8 Å². The van der Waals surface area contributed by atoms with Crippen molar-refractivity contribution in [2.75, 3.05) is 13.2 Å². The van der Waals surface area contributed by atoms with Crippen LogP contribution in [0.5, 0.6) is 0 Å². The molecule has 1 N–H and O–H groups in total. The first kappa shape index (κ1) is 16.9. The van der Waals surface area contributed by atoms with Gasteiger partial charge in [-0.05, 0) is 25.7 Å². The quantitative estimate of drug-likeness (QED) is 0.869. The number of ether oxygens (including phenoxy) is 1. The summed E-state index contributed by atoms with van der Waals surface area (Å²) in [5.74, 6) is -0.284. The van der Waals surface area contributed by atoms with E-state index < -0.39 is 24.9 Å². The van der Waals surface area contributed by atoms with E-state index >= 15 is 0 Å². The summed E-state index contributed by atoms with van der Waals surface area (Å²) >= 11 is 0. The van der Waals surface area contributed by atoms with E-state index in [1.54, 1.807) is 0 Å². The summed E-state index contributed by atoms with van der Waals surface area (Å²) in [7, 11) is 0. The van der Waals surface area contributed by atoms with Gasteiger partial charge in [0, 0.05) is 12.6 Å². The van der Waals surface area contributed by atoms with Crippen LogP contribution in [-0.2, 0) is 9.53 Å². The van der Waals surface area contributed by atoms with Crippen molar-refractivity contribution in [2.24, 2.45) is 0 Å². The Bertz CT molecular complexity index is 409. The molecular formula is C14H21F3N2O3. The monoisotopic (exact) mass is 322 g/mol. The maximum absolute atomic E-state index is 12.2. The van der Waals surface area contributed by atoms with Crippen LogP contribution in [0.15, 0.2) is 0 Å². The molecular weight excluding hydrogens is 301 g/mol. The highest BCUT2D eigenvalue weighted by molar-refractivity contribution is 5.86. The summed E-state index contributed by atoms with van der Waals surface area (Å²) in [6.07, 6.45) is 0.525. The molecule has 8 heteroatoms. The number of carbonyl (C=O) groups is 2. The Kier molecular flexibility index (Phi) is 5.52. The van der Waals surface area contributed by atoms with Gasteiger partial charge < -0.3 is 10.1 Å². The van der Waals surface area contributed by atoms with Crippen LogP contribution in [0.4, 0.5) is 18.0 Å². The molecule has 1 atom stereocenters. The largest absolute Gasteiger partial charge is 0.440 e. The predicted molar refractivity (Wildman–Crippen MR) is 72.1 cm³/mol. The Morgan fingerprint density at radius 1 is 1.09 bits per heavy atom. The fourth-order valence-corrected chi connectivity index (χ4v) is 3.03. The maximum Gasteiger partial charge on any atom is 0.422 e. The van der Waals surface area contributed by atoms with E-state index in [1.165, 1.54) is 0 Å². The molecule has 0 spiro atoms. The number of alkyl halides is 3. The molecule has 2 rings (SSSR count). The number of nitrogens with zero attached hydrogens (tertiary/aromatic N) is 1. The van der Waals surface area contributed by atoms with Gasteiger partial charge >= 0.3 is 12.3 Å². The molecule has 1 aliphatic carbocycles. The van der Waals surface area contributed by atoms with Crippen molar-refractivity contribution in [2.45, 2.75) is 63.2 Å². The Hall–Kier alpha value is -1.47. The Morgan fingerprint density at radius 3 is 2.41 bits per heavy atom. The lowest BCUT2D eigenvalue weighted by Gasteiger charge is -2.28. The number of carbonyl (C=O) groups excluding carboxylic acids is 2. The summed E-state index contributed by atoms with van der Waals surface area (Å²) in [6.45, 7) is -1.38. The fourth-order valence-electron chi connectivity index (χ4n) is 3.03. The van der Waals surface area contributed by atoms with Crippen molar-refractivity contribution in [1.82, 2.24) is 10.2 Å². The summed E-state index contributed by atoms with van der Waals surface area (Å²) in [5, 5.41) is 2.91. The topological polar surface area (TPSA) is 58.6 Å². The first-order chi connectivity index (χ1) is 10.4. The van der Waals surface area contributed by atoms with Crippen LogP contribution in [0.25, 0.3) is 0 Å². The molecule has 2 fully saturated rings. The van der Waals surface area contributed by atoms with Gasteiger partial charge in [0.1, 0.15) is 6.04 Å². The first-order valence-corrected chi connectivity index (χ1v) is 7.67. The number of likely N-dealkylation sites (tertiary alicyclic amines) is 1. The van der Waals surface area contributed by atoms with Crippen LogP contribution in [0.2, 0.25) is 0 Å². The minimum absolute atomic E-state index is 0.106. The minimum Gasteiger partial charge on any atom is -0.440 e. The van der Waals surface area contributed by atoms with Crippen molar-refractivity contribution in [3.8, 4) is 0 Å². The lowest BCUT2D eigenvalue weighted by molar-refractivity contribution is -0.162. The third kappa shape index (κ3) is 4.78. The third-order valence-electron chi connectivity index (χ3n) is 4.10. The van der Waals surface area contributed by atoms with E-state index in [1.807, 2.05) is 0 Å². The maximum atomic E-state index is 12.2. The smallest absolute Gasteiger partial charge is 0.422 e. The van der Waals surface area contributed by atoms with Crippen LogP contribution in [0.3, 0.4) is 0 Å². The number of hydrogen-bond acceptors (Lipinski definition) is 3. The second-order valence-electron chi connectivity index (χ2n) is 5.86. The first-order valence-electron chi connectivity index (χ1n) is 7.67. The zero-order valence-electron chi connectivity index (χ0n) is 12.3. The average molecular weight is 322 g/mol. The third-order valence-corrected chi connectivity index (χ3v) is 4.10. The lowest BCUT2D eigenvalue weighted by atomic mass is 9.95. The lowest BCUT2D eigenvalue weighted by Crippen LogP contribution is -2.49. The fraction of sp³-hybridized carbons (Fsp3) is 0.857. The molecule has 2 aliphatic rings. The van der Waals surface area contributed by atoms with Gasteiger partial charge in [-0.1, -0.05) is 19.3 Å².